The molecule has 68 valence electrons. The van der Waals surface area contributed by atoms with Crippen LogP contribution in [-0.2, 0) is 0 Å². The largest absolute Gasteiger partial charge is 0.0710 e. The quantitative estimate of drug-likeness (QED) is 0.543. The Kier molecular flexibility index (Phi) is 2.25. The van der Waals surface area contributed by atoms with E-state index in [4.69, 9.17) is 0 Å². The third kappa shape index (κ3) is 1.22. The van der Waals surface area contributed by atoms with Crippen LogP contribution in [0.4, 0.5) is 0 Å². The highest BCUT2D eigenvalue weighted by molar-refractivity contribution is 5.22. The third-order valence-electron chi connectivity index (χ3n) is 3.90. The van der Waals surface area contributed by atoms with Crippen molar-refractivity contribution in [1.29, 1.82) is 0 Å². The van der Waals surface area contributed by atoms with Gasteiger partial charge in [0.25, 0.3) is 0 Å². The van der Waals surface area contributed by atoms with Gasteiger partial charge in [-0.1, -0.05) is 24.5 Å². The van der Waals surface area contributed by atoms with Crippen molar-refractivity contribution in [3.8, 4) is 0 Å². The smallest absolute Gasteiger partial charge is 0.0175 e. The second-order valence-corrected chi connectivity index (χ2v) is 4.52. The topological polar surface area (TPSA) is 0 Å². The molecule has 2 aliphatic rings. The minimum atomic E-state index is 1.01. The van der Waals surface area contributed by atoms with E-state index in [2.05, 4.69) is 13.8 Å². The summed E-state index contributed by atoms with van der Waals surface area (Å²) in [7, 11) is 0. The van der Waals surface area contributed by atoms with Crippen LogP contribution in [0.15, 0.2) is 11.1 Å². The summed E-state index contributed by atoms with van der Waals surface area (Å²) in [5.74, 6) is 2.10. The highest BCUT2D eigenvalue weighted by Crippen LogP contribution is 2.48. The van der Waals surface area contributed by atoms with E-state index in [9.17, 15) is 0 Å². The van der Waals surface area contributed by atoms with E-state index in [1.165, 1.54) is 38.5 Å². The Bertz CT molecular complexity index is 200. The van der Waals surface area contributed by atoms with Gasteiger partial charge in [0.15, 0.2) is 0 Å². The van der Waals surface area contributed by atoms with E-state index in [0.717, 1.165) is 11.8 Å². The number of fused-ring (bicyclic) bond motifs is 1. The van der Waals surface area contributed by atoms with Gasteiger partial charge < -0.3 is 0 Å². The summed E-state index contributed by atoms with van der Waals surface area (Å²) in [5, 5.41) is 0. The lowest BCUT2D eigenvalue weighted by Gasteiger charge is -2.42. The highest BCUT2D eigenvalue weighted by Gasteiger charge is 2.35. The van der Waals surface area contributed by atoms with E-state index in [1.807, 2.05) is 0 Å². The Hall–Kier alpha value is -0.260. The zero-order chi connectivity index (χ0) is 8.55. The first-order chi connectivity index (χ1) is 5.83. The molecule has 0 aromatic heterocycles. The van der Waals surface area contributed by atoms with E-state index in [-0.39, 0.29) is 0 Å². The zero-order valence-electron chi connectivity index (χ0n) is 8.40. The maximum atomic E-state index is 2.39. The van der Waals surface area contributed by atoms with E-state index < -0.39 is 0 Å². The molecule has 2 unspecified atom stereocenters. The second kappa shape index (κ2) is 3.24. The Morgan fingerprint density at radius 1 is 1.25 bits per heavy atom. The minimum absolute atomic E-state index is 1.01. The predicted octanol–water partition coefficient (Wildman–Crippen LogP) is 3.92. The molecule has 0 aliphatic heterocycles. The molecule has 2 aliphatic carbocycles. The molecule has 0 bridgehead atoms. The van der Waals surface area contributed by atoms with Crippen molar-refractivity contribution in [3.05, 3.63) is 11.1 Å². The van der Waals surface area contributed by atoms with Crippen molar-refractivity contribution in [2.75, 3.05) is 0 Å². The Morgan fingerprint density at radius 3 is 2.67 bits per heavy atom. The van der Waals surface area contributed by atoms with Gasteiger partial charge in [-0.25, -0.2) is 0 Å². The van der Waals surface area contributed by atoms with Gasteiger partial charge >= 0.3 is 0 Å². The molecule has 0 saturated heterocycles. The number of hydrogen-bond donors (Lipinski definition) is 0. The lowest BCUT2D eigenvalue weighted by molar-refractivity contribution is 0.183. The fourth-order valence-electron chi connectivity index (χ4n) is 2.93. The van der Waals surface area contributed by atoms with Crippen LogP contribution in [0.5, 0.6) is 0 Å². The van der Waals surface area contributed by atoms with Crippen LogP contribution in [0, 0.1) is 11.8 Å². The van der Waals surface area contributed by atoms with Crippen LogP contribution in [0.25, 0.3) is 0 Å². The van der Waals surface area contributed by atoms with Crippen LogP contribution in [-0.4, -0.2) is 0 Å². The summed E-state index contributed by atoms with van der Waals surface area (Å²) < 4.78 is 0. The van der Waals surface area contributed by atoms with Gasteiger partial charge in [0, 0.05) is 0 Å². The molecule has 0 aromatic rings. The normalized spacial score (nSPS) is 34.5. The molecule has 0 amide bonds. The SMILES string of the molecule is CCCC1=C(C)C2CCC2CC1. The zero-order valence-corrected chi connectivity index (χ0v) is 8.40. The van der Waals surface area contributed by atoms with Crippen LogP contribution < -0.4 is 0 Å². The van der Waals surface area contributed by atoms with Gasteiger partial charge in [0.2, 0.25) is 0 Å². The molecule has 0 spiro atoms. The monoisotopic (exact) mass is 164 g/mol. The Balaban J connectivity index is 2.09. The molecule has 2 rings (SSSR count). The van der Waals surface area contributed by atoms with Crippen molar-refractivity contribution in [1.82, 2.24) is 0 Å². The Labute approximate surface area is 76.1 Å². The maximum absolute atomic E-state index is 2.39. The van der Waals surface area contributed by atoms with E-state index in [0.29, 0.717) is 0 Å². The number of allylic oxidation sites excluding steroid dienone is 2. The fourth-order valence-corrected chi connectivity index (χ4v) is 2.93. The maximum Gasteiger partial charge on any atom is -0.0175 e. The predicted molar refractivity (Wildman–Crippen MR) is 53.1 cm³/mol. The third-order valence-corrected chi connectivity index (χ3v) is 3.90. The molecule has 0 aromatic carbocycles. The summed E-state index contributed by atoms with van der Waals surface area (Å²) in [4.78, 5) is 0. The lowest BCUT2D eigenvalue weighted by atomic mass is 9.63. The molecule has 1 saturated carbocycles. The molecular weight excluding hydrogens is 144 g/mol. The minimum Gasteiger partial charge on any atom is -0.0710 e. The average molecular weight is 164 g/mol. The molecule has 1 fully saturated rings. The van der Waals surface area contributed by atoms with Crippen molar-refractivity contribution < 1.29 is 0 Å². The Morgan fingerprint density at radius 2 is 2.08 bits per heavy atom. The van der Waals surface area contributed by atoms with E-state index in [1.54, 1.807) is 11.1 Å². The molecule has 2 atom stereocenters. The molecule has 12 heavy (non-hydrogen) atoms. The van der Waals surface area contributed by atoms with Crippen LogP contribution >= 0.6 is 0 Å². The van der Waals surface area contributed by atoms with Gasteiger partial charge in [-0.05, 0) is 50.9 Å². The van der Waals surface area contributed by atoms with Crippen LogP contribution in [0.1, 0.15) is 52.4 Å². The first-order valence-electron chi connectivity index (χ1n) is 5.51. The molecule has 0 radical (unpaired) electrons. The number of rotatable bonds is 2. The standard InChI is InChI=1S/C12H20/c1-3-4-10-5-6-11-7-8-12(11)9(10)2/h11-12H,3-8H2,1-2H3. The molecular formula is C12H20. The summed E-state index contributed by atoms with van der Waals surface area (Å²) in [5.41, 5.74) is 3.58. The molecule has 0 N–H and O–H groups in total. The highest BCUT2D eigenvalue weighted by atomic mass is 14.4. The van der Waals surface area contributed by atoms with Crippen molar-refractivity contribution in [2.45, 2.75) is 52.4 Å². The van der Waals surface area contributed by atoms with Gasteiger partial charge in [-0.15, -0.1) is 0 Å². The van der Waals surface area contributed by atoms with Crippen molar-refractivity contribution in [2.24, 2.45) is 11.8 Å². The van der Waals surface area contributed by atoms with Gasteiger partial charge in [-0.3, -0.25) is 0 Å². The van der Waals surface area contributed by atoms with Crippen molar-refractivity contribution >= 4 is 0 Å². The molecule has 0 nitrogen and oxygen atoms in total. The molecule has 0 heterocycles. The van der Waals surface area contributed by atoms with Gasteiger partial charge in [0.05, 0.1) is 0 Å². The van der Waals surface area contributed by atoms with Crippen LogP contribution in [0.3, 0.4) is 0 Å². The first kappa shape index (κ1) is 8.34. The van der Waals surface area contributed by atoms with Crippen molar-refractivity contribution in [3.63, 3.8) is 0 Å². The lowest BCUT2D eigenvalue weighted by Crippen LogP contribution is -2.30. The summed E-state index contributed by atoms with van der Waals surface area (Å²) in [6.45, 7) is 4.69. The van der Waals surface area contributed by atoms with E-state index >= 15 is 0 Å². The fraction of sp³-hybridized carbons (Fsp3) is 0.833. The average Bonchev–Trinajstić information content (AvgIpc) is 1.98. The summed E-state index contributed by atoms with van der Waals surface area (Å²) in [6.07, 6.45) is 8.63. The summed E-state index contributed by atoms with van der Waals surface area (Å²) >= 11 is 0. The van der Waals surface area contributed by atoms with Gasteiger partial charge in [0.1, 0.15) is 0 Å². The molecule has 0 heteroatoms. The first-order valence-corrected chi connectivity index (χ1v) is 5.51. The van der Waals surface area contributed by atoms with Crippen LogP contribution in [0.2, 0.25) is 0 Å². The number of hydrogen-bond acceptors (Lipinski definition) is 0. The summed E-state index contributed by atoms with van der Waals surface area (Å²) in [6, 6.07) is 0. The van der Waals surface area contributed by atoms with Gasteiger partial charge in [-0.2, -0.15) is 0 Å². The second-order valence-electron chi connectivity index (χ2n) is 4.52.